The second-order valence-corrected chi connectivity index (χ2v) is 13.3. The van der Waals surface area contributed by atoms with Crippen LogP contribution in [0.25, 0.3) is 43.4 Å². The molecule has 0 aliphatic carbocycles. The Morgan fingerprint density at radius 3 is 1.66 bits per heavy atom. The van der Waals surface area contributed by atoms with Gasteiger partial charge in [-0.2, -0.15) is 0 Å². The number of hydrogen-bond acceptors (Lipinski definition) is 3. The van der Waals surface area contributed by atoms with Gasteiger partial charge in [-0.05, 0) is 92.0 Å². The van der Waals surface area contributed by atoms with Crippen molar-refractivity contribution in [3.63, 3.8) is 0 Å². The van der Waals surface area contributed by atoms with Crippen LogP contribution in [0.5, 0.6) is 0 Å². The number of para-hydroxylation sites is 2. The predicted molar refractivity (Wildman–Crippen MR) is 201 cm³/mol. The van der Waals surface area contributed by atoms with Crippen molar-refractivity contribution in [1.82, 2.24) is 0 Å². The maximum Gasteiger partial charge on any atom is 0.193 e. The van der Waals surface area contributed by atoms with Gasteiger partial charge in [-0.15, -0.1) is 23.2 Å². The second kappa shape index (κ2) is 12.4. The molecule has 226 valence electrons. The molecule has 0 saturated carbocycles. The third kappa shape index (κ3) is 5.21. The first-order chi connectivity index (χ1) is 23.1. The summed E-state index contributed by atoms with van der Waals surface area (Å²) in [6.07, 6.45) is 0. The van der Waals surface area contributed by atoms with Gasteiger partial charge in [0.15, 0.2) is 5.78 Å². The molecule has 47 heavy (non-hydrogen) atoms. The summed E-state index contributed by atoms with van der Waals surface area (Å²) >= 11 is 11.3. The summed E-state index contributed by atoms with van der Waals surface area (Å²) in [6.45, 7) is 0. The number of rotatable bonds is 4. The lowest BCUT2D eigenvalue weighted by atomic mass is 9.89. The third-order valence-electron chi connectivity index (χ3n) is 8.81. The maximum atomic E-state index is 13.6. The molecule has 1 aliphatic heterocycles. The zero-order valence-electron chi connectivity index (χ0n) is 25.2. The van der Waals surface area contributed by atoms with Gasteiger partial charge in [-0.3, -0.25) is 4.79 Å². The van der Waals surface area contributed by atoms with E-state index in [1.54, 1.807) is 11.8 Å². The van der Waals surface area contributed by atoms with Crippen LogP contribution in [0.1, 0.15) is 15.9 Å². The van der Waals surface area contributed by atoms with Crippen LogP contribution in [-0.4, -0.2) is 11.1 Å². The Balaban J connectivity index is 0.00000104. The van der Waals surface area contributed by atoms with Crippen molar-refractivity contribution in [2.75, 3.05) is 10.2 Å². The normalized spacial score (nSPS) is 12.1. The van der Waals surface area contributed by atoms with Crippen LogP contribution in [0.3, 0.4) is 0 Å². The number of benzene rings is 8. The first-order valence-electron chi connectivity index (χ1n) is 15.3. The lowest BCUT2D eigenvalue weighted by Crippen LogP contribution is -2.14. The summed E-state index contributed by atoms with van der Waals surface area (Å²) in [6, 6.07) is 52.8. The van der Waals surface area contributed by atoms with Crippen LogP contribution in [0, 0.1) is 0 Å². The van der Waals surface area contributed by atoms with E-state index >= 15 is 0 Å². The van der Waals surface area contributed by atoms with E-state index in [0.717, 1.165) is 22.6 Å². The van der Waals surface area contributed by atoms with Gasteiger partial charge >= 0.3 is 0 Å². The number of nitrogens with zero attached hydrogens (tertiary/aromatic N) is 1. The predicted octanol–water partition coefficient (Wildman–Crippen LogP) is 12.8. The van der Waals surface area contributed by atoms with E-state index in [1.165, 1.54) is 47.7 Å². The van der Waals surface area contributed by atoms with Crippen LogP contribution in [-0.2, 0) is 0 Å². The highest BCUT2D eigenvalue weighted by atomic mass is 35.5. The van der Waals surface area contributed by atoms with E-state index in [1.807, 2.05) is 24.3 Å². The molecule has 1 heterocycles. The highest BCUT2D eigenvalue weighted by Crippen LogP contribution is 2.51. The number of fused-ring (bicyclic) bond motifs is 2. The Morgan fingerprint density at radius 2 is 1.04 bits per heavy atom. The standard InChI is InChI=1S/C41H25NOS.CH2Cl2/c43-41(31-18-22-32(23-19-31)42-35-8-1-3-10-37(35)44-38-11-4-2-9-36(38)42)30-16-12-26(13-17-30)33-24-20-29-15-14-27-6-5-7-28-21-25-34(33)40(29)39(27)28;2-1-3/h1-25H;1H2. The van der Waals surface area contributed by atoms with Gasteiger partial charge in [0, 0.05) is 26.6 Å². The molecule has 0 unspecified atom stereocenters. The molecule has 0 saturated heterocycles. The molecule has 0 bridgehead atoms. The van der Waals surface area contributed by atoms with Gasteiger partial charge in [0.05, 0.1) is 16.7 Å². The van der Waals surface area contributed by atoms with Gasteiger partial charge in [0.2, 0.25) is 0 Å². The van der Waals surface area contributed by atoms with E-state index in [9.17, 15) is 4.79 Å². The molecule has 9 rings (SSSR count). The van der Waals surface area contributed by atoms with E-state index in [-0.39, 0.29) is 11.1 Å². The van der Waals surface area contributed by atoms with E-state index in [4.69, 9.17) is 23.2 Å². The fourth-order valence-electron chi connectivity index (χ4n) is 6.70. The molecule has 0 fully saturated rings. The summed E-state index contributed by atoms with van der Waals surface area (Å²) in [5, 5.41) is 7.82. The van der Waals surface area contributed by atoms with Crippen LogP contribution < -0.4 is 4.90 Å². The zero-order chi connectivity index (χ0) is 31.9. The van der Waals surface area contributed by atoms with Crippen LogP contribution in [0.15, 0.2) is 161 Å². The summed E-state index contributed by atoms with van der Waals surface area (Å²) < 4.78 is 0. The van der Waals surface area contributed by atoms with E-state index in [2.05, 4.69) is 132 Å². The molecule has 8 aromatic carbocycles. The van der Waals surface area contributed by atoms with Gasteiger partial charge in [-0.1, -0.05) is 115 Å². The largest absolute Gasteiger partial charge is 0.308 e. The molecule has 0 spiro atoms. The number of hydrogen-bond donors (Lipinski definition) is 0. The van der Waals surface area contributed by atoms with E-state index in [0.29, 0.717) is 11.1 Å². The number of carbonyl (C=O) groups excluding carboxylic acids is 1. The Hall–Kier alpha value is -4.80. The number of alkyl halides is 2. The average molecular weight is 665 g/mol. The number of halogens is 2. The third-order valence-corrected chi connectivity index (χ3v) is 9.94. The smallest absolute Gasteiger partial charge is 0.193 e. The van der Waals surface area contributed by atoms with Crippen molar-refractivity contribution in [1.29, 1.82) is 0 Å². The maximum absolute atomic E-state index is 13.6. The summed E-state index contributed by atoms with van der Waals surface area (Å²) in [7, 11) is 0. The lowest BCUT2D eigenvalue weighted by molar-refractivity contribution is 0.103. The van der Waals surface area contributed by atoms with Crippen molar-refractivity contribution in [2.45, 2.75) is 9.79 Å². The molecule has 0 radical (unpaired) electrons. The van der Waals surface area contributed by atoms with Gasteiger partial charge in [-0.25, -0.2) is 0 Å². The van der Waals surface area contributed by atoms with Crippen molar-refractivity contribution in [3.05, 3.63) is 163 Å². The minimum absolute atomic E-state index is 0.0217. The zero-order valence-corrected chi connectivity index (χ0v) is 27.5. The van der Waals surface area contributed by atoms with Crippen LogP contribution in [0.2, 0.25) is 0 Å². The highest BCUT2D eigenvalue weighted by Gasteiger charge is 2.24. The van der Waals surface area contributed by atoms with Crippen LogP contribution in [0.4, 0.5) is 17.1 Å². The molecule has 8 aromatic rings. The van der Waals surface area contributed by atoms with Crippen molar-refractivity contribution < 1.29 is 4.79 Å². The molecular formula is C42H27Cl2NOS. The molecule has 2 nitrogen and oxygen atoms in total. The Labute approximate surface area is 287 Å². The summed E-state index contributed by atoms with van der Waals surface area (Å²) in [5.74, 6) is 0.0217. The first kappa shape index (κ1) is 29.6. The average Bonchev–Trinajstić information content (AvgIpc) is 3.13. The second-order valence-electron chi connectivity index (χ2n) is 11.4. The van der Waals surface area contributed by atoms with Gasteiger partial charge in [0.25, 0.3) is 0 Å². The quantitative estimate of drug-likeness (QED) is 0.106. The fraction of sp³-hybridized carbons (Fsp3) is 0.0238. The topological polar surface area (TPSA) is 20.3 Å². The van der Waals surface area contributed by atoms with E-state index < -0.39 is 0 Å². The minimum Gasteiger partial charge on any atom is -0.308 e. The van der Waals surface area contributed by atoms with Crippen LogP contribution >= 0.6 is 35.0 Å². The minimum atomic E-state index is 0.0217. The molecule has 5 heteroatoms. The monoisotopic (exact) mass is 663 g/mol. The van der Waals surface area contributed by atoms with Gasteiger partial charge in [0.1, 0.15) is 0 Å². The Morgan fingerprint density at radius 1 is 0.532 bits per heavy atom. The molecule has 0 aromatic heterocycles. The molecule has 1 aliphatic rings. The van der Waals surface area contributed by atoms with Gasteiger partial charge < -0.3 is 4.90 Å². The van der Waals surface area contributed by atoms with Crippen molar-refractivity contribution >= 4 is 90.1 Å². The fourth-order valence-corrected chi connectivity index (χ4v) is 7.76. The number of carbonyl (C=O) groups is 1. The van der Waals surface area contributed by atoms with Crippen molar-refractivity contribution in [2.24, 2.45) is 0 Å². The number of anilines is 3. The Kier molecular flexibility index (Phi) is 7.82. The molecular weight excluding hydrogens is 637 g/mol. The lowest BCUT2D eigenvalue weighted by Gasteiger charge is -2.32. The SMILES string of the molecule is ClCCl.O=C(c1ccc(-c2ccc3ccc4cccc5ccc2c3c45)cc1)c1ccc(N2c3ccccc3Sc3ccccc32)cc1. The first-order valence-corrected chi connectivity index (χ1v) is 17.2. The molecule has 0 amide bonds. The molecule has 0 N–H and O–H groups in total. The van der Waals surface area contributed by atoms with Crippen molar-refractivity contribution in [3.8, 4) is 11.1 Å². The summed E-state index contributed by atoms with van der Waals surface area (Å²) in [5.41, 5.74) is 6.98. The Bertz CT molecular complexity index is 2340. The highest BCUT2D eigenvalue weighted by molar-refractivity contribution is 7.99. The summed E-state index contributed by atoms with van der Waals surface area (Å²) in [4.78, 5) is 18.3. The number of ketones is 1. The molecule has 0 atom stereocenters.